The van der Waals surface area contributed by atoms with E-state index in [0.717, 1.165) is 15.6 Å². The molecule has 0 atom stereocenters. The predicted molar refractivity (Wildman–Crippen MR) is 82.3 cm³/mol. The van der Waals surface area contributed by atoms with Crippen LogP contribution in [0, 0.1) is 13.8 Å². The summed E-state index contributed by atoms with van der Waals surface area (Å²) in [5, 5.41) is 3.89. The van der Waals surface area contributed by atoms with E-state index in [1.54, 1.807) is 36.6 Å². The largest absolute Gasteiger partial charge is 0.493 e. The van der Waals surface area contributed by atoms with Crippen LogP contribution in [0.2, 0.25) is 0 Å². The molecule has 0 aliphatic rings. The highest BCUT2D eigenvalue weighted by atomic mass is 32.1. The van der Waals surface area contributed by atoms with Crippen LogP contribution in [-0.2, 0) is 6.54 Å². The first-order chi connectivity index (χ1) is 10.1. The molecule has 0 aliphatic carbocycles. The fourth-order valence-electron chi connectivity index (χ4n) is 2.06. The second kappa shape index (κ2) is 6.58. The van der Waals surface area contributed by atoms with Crippen molar-refractivity contribution in [2.45, 2.75) is 20.4 Å². The molecule has 0 radical (unpaired) electrons. The van der Waals surface area contributed by atoms with E-state index in [1.165, 1.54) is 7.11 Å². The molecule has 1 amide bonds. The first-order valence-corrected chi connectivity index (χ1v) is 7.30. The number of nitrogens with zero attached hydrogens (tertiary/aromatic N) is 1. The highest BCUT2D eigenvalue weighted by molar-refractivity contribution is 7.11. The number of ether oxygens (including phenoxy) is 2. The van der Waals surface area contributed by atoms with Gasteiger partial charge < -0.3 is 14.8 Å². The van der Waals surface area contributed by atoms with E-state index >= 15 is 0 Å². The number of hydrogen-bond acceptors (Lipinski definition) is 5. The fourth-order valence-corrected chi connectivity index (χ4v) is 2.94. The second-order valence-electron chi connectivity index (χ2n) is 4.47. The van der Waals surface area contributed by atoms with Crippen LogP contribution in [0.25, 0.3) is 0 Å². The Morgan fingerprint density at radius 1 is 1.29 bits per heavy atom. The van der Waals surface area contributed by atoms with Gasteiger partial charge in [0, 0.05) is 4.88 Å². The van der Waals surface area contributed by atoms with E-state index in [9.17, 15) is 4.79 Å². The van der Waals surface area contributed by atoms with Gasteiger partial charge in [0.2, 0.25) is 0 Å². The number of benzene rings is 1. The van der Waals surface area contributed by atoms with Crippen molar-refractivity contribution in [3.63, 3.8) is 0 Å². The van der Waals surface area contributed by atoms with Gasteiger partial charge in [-0.2, -0.15) is 0 Å². The molecule has 5 nitrogen and oxygen atoms in total. The average Bonchev–Trinajstić information content (AvgIpc) is 2.81. The number of nitrogens with one attached hydrogen (secondary N) is 1. The first kappa shape index (κ1) is 15.3. The number of methoxy groups -OCH3 is 2. The molecule has 21 heavy (non-hydrogen) atoms. The number of carbonyl (C=O) groups is 1. The minimum absolute atomic E-state index is 0.198. The molecule has 0 saturated heterocycles. The van der Waals surface area contributed by atoms with Gasteiger partial charge >= 0.3 is 0 Å². The smallest absolute Gasteiger partial charge is 0.255 e. The van der Waals surface area contributed by atoms with Crippen LogP contribution < -0.4 is 14.8 Å². The zero-order chi connectivity index (χ0) is 15.4. The standard InChI is InChI=1S/C15H18N2O3S/c1-9-13(21-10(2)17-9)8-16-15(18)11-6-5-7-12(19-3)14(11)20-4/h5-7H,8H2,1-4H3,(H,16,18). The molecular formula is C15H18N2O3S. The number of carbonyl (C=O) groups excluding carboxylic acids is 1. The van der Waals surface area contributed by atoms with Crippen LogP contribution in [0.3, 0.4) is 0 Å². The van der Waals surface area contributed by atoms with Crippen molar-refractivity contribution in [2.75, 3.05) is 14.2 Å². The number of aromatic nitrogens is 1. The van der Waals surface area contributed by atoms with Gasteiger partial charge in [-0.1, -0.05) is 6.07 Å². The molecule has 0 unspecified atom stereocenters. The number of para-hydroxylation sites is 1. The Morgan fingerprint density at radius 3 is 2.62 bits per heavy atom. The Balaban J connectivity index is 2.15. The van der Waals surface area contributed by atoms with E-state index in [4.69, 9.17) is 9.47 Å². The lowest BCUT2D eigenvalue weighted by atomic mass is 10.1. The van der Waals surface area contributed by atoms with Gasteiger partial charge in [0.25, 0.3) is 5.91 Å². The predicted octanol–water partition coefficient (Wildman–Crippen LogP) is 2.71. The SMILES string of the molecule is COc1cccc(C(=O)NCc2sc(C)nc2C)c1OC. The molecule has 0 bridgehead atoms. The van der Waals surface area contributed by atoms with Crippen LogP contribution >= 0.6 is 11.3 Å². The van der Waals surface area contributed by atoms with Gasteiger partial charge in [-0.25, -0.2) is 4.98 Å². The van der Waals surface area contributed by atoms with E-state index in [1.807, 2.05) is 13.8 Å². The van der Waals surface area contributed by atoms with Crippen molar-refractivity contribution in [3.05, 3.63) is 39.3 Å². The highest BCUT2D eigenvalue weighted by Crippen LogP contribution is 2.30. The summed E-state index contributed by atoms with van der Waals surface area (Å²) < 4.78 is 10.5. The van der Waals surface area contributed by atoms with Crippen molar-refractivity contribution in [2.24, 2.45) is 0 Å². The summed E-state index contributed by atoms with van der Waals surface area (Å²) in [7, 11) is 3.06. The van der Waals surface area contributed by atoms with Gasteiger partial charge in [-0.3, -0.25) is 4.79 Å². The Kier molecular flexibility index (Phi) is 4.80. The molecule has 0 fully saturated rings. The lowest BCUT2D eigenvalue weighted by Crippen LogP contribution is -2.23. The Morgan fingerprint density at radius 2 is 2.05 bits per heavy atom. The molecule has 0 aliphatic heterocycles. The Hall–Kier alpha value is -2.08. The number of hydrogen-bond donors (Lipinski definition) is 1. The van der Waals surface area contributed by atoms with E-state index in [0.29, 0.717) is 23.6 Å². The van der Waals surface area contributed by atoms with Gasteiger partial charge in [0.15, 0.2) is 11.5 Å². The van der Waals surface area contributed by atoms with Crippen molar-refractivity contribution in [3.8, 4) is 11.5 Å². The van der Waals surface area contributed by atoms with Crippen LogP contribution in [0.1, 0.15) is 25.9 Å². The third-order valence-corrected chi connectivity index (χ3v) is 4.13. The summed E-state index contributed by atoms with van der Waals surface area (Å²) in [6.07, 6.45) is 0. The summed E-state index contributed by atoms with van der Waals surface area (Å²) in [6, 6.07) is 5.23. The monoisotopic (exact) mass is 306 g/mol. The molecule has 1 aromatic heterocycles. The van der Waals surface area contributed by atoms with Crippen LogP contribution in [0.15, 0.2) is 18.2 Å². The van der Waals surface area contributed by atoms with Crippen molar-refractivity contribution in [1.29, 1.82) is 0 Å². The summed E-state index contributed by atoms with van der Waals surface area (Å²) in [5.41, 5.74) is 1.41. The Bertz CT molecular complexity index is 652. The molecule has 6 heteroatoms. The minimum Gasteiger partial charge on any atom is -0.493 e. The molecule has 1 aromatic carbocycles. The molecule has 2 rings (SSSR count). The molecule has 1 heterocycles. The van der Waals surface area contributed by atoms with E-state index < -0.39 is 0 Å². The number of aryl methyl sites for hydroxylation is 2. The molecule has 0 spiro atoms. The number of thiazole rings is 1. The maximum Gasteiger partial charge on any atom is 0.255 e. The minimum atomic E-state index is -0.198. The van der Waals surface area contributed by atoms with Gasteiger partial charge in [-0.15, -0.1) is 11.3 Å². The lowest BCUT2D eigenvalue weighted by Gasteiger charge is -2.12. The van der Waals surface area contributed by atoms with E-state index in [-0.39, 0.29) is 5.91 Å². The van der Waals surface area contributed by atoms with Crippen molar-refractivity contribution >= 4 is 17.2 Å². The van der Waals surface area contributed by atoms with Crippen LogP contribution in [0.4, 0.5) is 0 Å². The highest BCUT2D eigenvalue weighted by Gasteiger charge is 2.16. The fraction of sp³-hybridized carbons (Fsp3) is 0.333. The topological polar surface area (TPSA) is 60.5 Å². The molecule has 2 aromatic rings. The molecule has 0 saturated carbocycles. The summed E-state index contributed by atoms with van der Waals surface area (Å²) in [6.45, 7) is 4.35. The van der Waals surface area contributed by atoms with Gasteiger partial charge in [0.05, 0.1) is 37.0 Å². The zero-order valence-corrected chi connectivity index (χ0v) is 13.3. The molecule has 112 valence electrons. The summed E-state index contributed by atoms with van der Waals surface area (Å²) in [5.74, 6) is 0.779. The first-order valence-electron chi connectivity index (χ1n) is 6.49. The maximum atomic E-state index is 12.3. The van der Waals surface area contributed by atoms with Crippen molar-refractivity contribution in [1.82, 2.24) is 10.3 Å². The average molecular weight is 306 g/mol. The van der Waals surface area contributed by atoms with Crippen LogP contribution in [-0.4, -0.2) is 25.1 Å². The molecular weight excluding hydrogens is 288 g/mol. The summed E-state index contributed by atoms with van der Waals surface area (Å²) >= 11 is 1.59. The third kappa shape index (κ3) is 3.33. The number of amides is 1. The van der Waals surface area contributed by atoms with Gasteiger partial charge in [0.1, 0.15) is 0 Å². The number of rotatable bonds is 5. The lowest BCUT2D eigenvalue weighted by molar-refractivity contribution is 0.0947. The summed E-state index contributed by atoms with van der Waals surface area (Å²) in [4.78, 5) is 17.7. The third-order valence-electron chi connectivity index (χ3n) is 3.06. The van der Waals surface area contributed by atoms with Crippen LogP contribution in [0.5, 0.6) is 11.5 Å². The van der Waals surface area contributed by atoms with E-state index in [2.05, 4.69) is 10.3 Å². The maximum absolute atomic E-state index is 12.3. The Labute approximate surface area is 127 Å². The van der Waals surface area contributed by atoms with Crippen molar-refractivity contribution < 1.29 is 14.3 Å². The zero-order valence-electron chi connectivity index (χ0n) is 12.5. The quantitative estimate of drug-likeness (QED) is 0.922. The second-order valence-corrected chi connectivity index (χ2v) is 5.75. The molecule has 1 N–H and O–H groups in total. The normalized spacial score (nSPS) is 10.3. The van der Waals surface area contributed by atoms with Gasteiger partial charge in [-0.05, 0) is 26.0 Å².